The van der Waals surface area contributed by atoms with Crippen molar-refractivity contribution in [1.82, 2.24) is 19.8 Å². The molecule has 0 bridgehead atoms. The Kier molecular flexibility index (Phi) is 7.84. The van der Waals surface area contributed by atoms with E-state index < -0.39 is 17.9 Å². The van der Waals surface area contributed by atoms with Crippen LogP contribution in [0.2, 0.25) is 0 Å². The number of esters is 1. The molecule has 3 heterocycles. The van der Waals surface area contributed by atoms with Gasteiger partial charge in [0.25, 0.3) is 5.91 Å². The fourth-order valence-electron chi connectivity index (χ4n) is 4.16. The summed E-state index contributed by atoms with van der Waals surface area (Å²) in [6, 6.07) is 9.36. The SMILES string of the molecule is COC(=O)CCN1CC(OCc2ccncc2)CN(C(=O)c2cc(C)nc3cc(F)ccc23)CC1=O. The summed E-state index contributed by atoms with van der Waals surface area (Å²) in [6.45, 7) is 2.34. The van der Waals surface area contributed by atoms with Crippen molar-refractivity contribution in [2.24, 2.45) is 0 Å². The van der Waals surface area contributed by atoms with Crippen molar-refractivity contribution in [3.05, 3.63) is 71.4 Å². The van der Waals surface area contributed by atoms with Crippen LogP contribution in [0.3, 0.4) is 0 Å². The van der Waals surface area contributed by atoms with Gasteiger partial charge in [-0.25, -0.2) is 4.39 Å². The molecule has 1 aliphatic heterocycles. The van der Waals surface area contributed by atoms with E-state index in [0.717, 1.165) is 5.56 Å². The molecule has 1 atom stereocenters. The van der Waals surface area contributed by atoms with Crippen LogP contribution in [0.4, 0.5) is 4.39 Å². The smallest absolute Gasteiger partial charge is 0.307 e. The molecule has 0 radical (unpaired) electrons. The molecule has 2 aromatic heterocycles. The monoisotopic (exact) mass is 494 g/mol. The van der Waals surface area contributed by atoms with Gasteiger partial charge in [0.05, 0.1) is 37.3 Å². The van der Waals surface area contributed by atoms with E-state index in [0.29, 0.717) is 22.2 Å². The summed E-state index contributed by atoms with van der Waals surface area (Å²) in [5.74, 6) is -1.56. The lowest BCUT2D eigenvalue weighted by molar-refractivity contribution is -0.142. The highest BCUT2D eigenvalue weighted by molar-refractivity contribution is 6.07. The van der Waals surface area contributed by atoms with Crippen molar-refractivity contribution in [3.63, 3.8) is 0 Å². The van der Waals surface area contributed by atoms with Crippen LogP contribution < -0.4 is 0 Å². The van der Waals surface area contributed by atoms with E-state index in [4.69, 9.17) is 9.47 Å². The molecule has 1 unspecified atom stereocenters. The summed E-state index contributed by atoms with van der Waals surface area (Å²) in [4.78, 5) is 49.8. The maximum Gasteiger partial charge on any atom is 0.307 e. The topological polar surface area (TPSA) is 102 Å². The first-order valence-electron chi connectivity index (χ1n) is 11.6. The van der Waals surface area contributed by atoms with Crippen molar-refractivity contribution >= 4 is 28.7 Å². The molecule has 0 spiro atoms. The average molecular weight is 495 g/mol. The van der Waals surface area contributed by atoms with E-state index in [-0.39, 0.29) is 51.0 Å². The normalized spacial score (nSPS) is 16.2. The van der Waals surface area contributed by atoms with Crippen LogP contribution in [0.1, 0.15) is 28.0 Å². The molecule has 0 aliphatic carbocycles. The number of halogens is 1. The number of amides is 2. The fourth-order valence-corrected chi connectivity index (χ4v) is 4.16. The molecule has 0 saturated carbocycles. The largest absolute Gasteiger partial charge is 0.469 e. The molecule has 188 valence electrons. The molecule has 36 heavy (non-hydrogen) atoms. The highest BCUT2D eigenvalue weighted by atomic mass is 19.1. The fraction of sp³-hybridized carbons (Fsp3) is 0.346. The van der Waals surface area contributed by atoms with E-state index >= 15 is 0 Å². The molecule has 9 nitrogen and oxygen atoms in total. The molecule has 3 aromatic rings. The van der Waals surface area contributed by atoms with Crippen molar-refractivity contribution < 1.29 is 28.2 Å². The summed E-state index contributed by atoms with van der Waals surface area (Å²) in [5.41, 5.74) is 2.16. The van der Waals surface area contributed by atoms with Gasteiger partial charge in [-0.15, -0.1) is 0 Å². The van der Waals surface area contributed by atoms with Gasteiger partial charge in [-0.05, 0) is 42.8 Å². The zero-order valence-corrected chi connectivity index (χ0v) is 20.1. The number of methoxy groups -OCH3 is 1. The standard InChI is InChI=1S/C26H27FN4O5/c1-17-11-22(21-4-3-19(27)12-23(21)29-17)26(34)31-14-20(36-16-18-5-8-28-9-6-18)13-30(24(32)15-31)10-7-25(33)35-2/h3-6,8-9,11-12,20H,7,10,13-16H2,1-2H3. The highest BCUT2D eigenvalue weighted by Gasteiger charge is 2.32. The first-order chi connectivity index (χ1) is 17.3. The van der Waals surface area contributed by atoms with Crippen LogP contribution >= 0.6 is 0 Å². The van der Waals surface area contributed by atoms with Gasteiger partial charge in [-0.3, -0.25) is 24.4 Å². The van der Waals surface area contributed by atoms with E-state index in [9.17, 15) is 18.8 Å². The second-order valence-corrected chi connectivity index (χ2v) is 8.61. The van der Waals surface area contributed by atoms with Gasteiger partial charge < -0.3 is 19.3 Å². The first-order valence-corrected chi connectivity index (χ1v) is 11.6. The quantitative estimate of drug-likeness (QED) is 0.465. The molecule has 2 amide bonds. The number of nitrogens with zero attached hydrogens (tertiary/aromatic N) is 4. The number of ether oxygens (including phenoxy) is 2. The summed E-state index contributed by atoms with van der Waals surface area (Å²) >= 11 is 0. The Morgan fingerprint density at radius 3 is 2.67 bits per heavy atom. The molecule has 1 aromatic carbocycles. The Balaban J connectivity index is 1.60. The number of aryl methyl sites for hydroxylation is 1. The van der Waals surface area contributed by atoms with Crippen LogP contribution in [0.15, 0.2) is 48.8 Å². The molecular formula is C26H27FN4O5. The van der Waals surface area contributed by atoms with E-state index in [1.807, 2.05) is 12.1 Å². The molecule has 1 aliphatic rings. The van der Waals surface area contributed by atoms with Gasteiger partial charge in [-0.2, -0.15) is 0 Å². The van der Waals surface area contributed by atoms with Crippen molar-refractivity contribution in [1.29, 1.82) is 0 Å². The van der Waals surface area contributed by atoms with Gasteiger partial charge in [-0.1, -0.05) is 0 Å². The maximum atomic E-state index is 13.8. The second kappa shape index (κ2) is 11.2. The number of carbonyl (C=O) groups is 3. The summed E-state index contributed by atoms with van der Waals surface area (Å²) < 4.78 is 24.6. The predicted octanol–water partition coefficient (Wildman–Crippen LogP) is 2.51. The van der Waals surface area contributed by atoms with Gasteiger partial charge >= 0.3 is 5.97 Å². The minimum Gasteiger partial charge on any atom is -0.469 e. The highest BCUT2D eigenvalue weighted by Crippen LogP contribution is 2.22. The van der Waals surface area contributed by atoms with E-state index in [1.165, 1.54) is 35.1 Å². The van der Waals surface area contributed by atoms with Crippen LogP contribution in [-0.4, -0.2) is 76.9 Å². The number of fused-ring (bicyclic) bond motifs is 1. The minimum atomic E-state index is -0.502. The molecule has 0 N–H and O–H groups in total. The van der Waals surface area contributed by atoms with Gasteiger partial charge in [0.2, 0.25) is 5.91 Å². The molecule has 1 saturated heterocycles. The number of hydrogen-bond acceptors (Lipinski definition) is 7. The number of rotatable bonds is 7. The van der Waals surface area contributed by atoms with Crippen LogP contribution in [-0.2, 0) is 25.7 Å². The van der Waals surface area contributed by atoms with E-state index in [1.54, 1.807) is 25.4 Å². The third kappa shape index (κ3) is 6.01. The summed E-state index contributed by atoms with van der Waals surface area (Å²) in [5, 5.41) is 0.500. The summed E-state index contributed by atoms with van der Waals surface area (Å²) in [6.07, 6.45) is 2.85. The minimum absolute atomic E-state index is 0.0347. The number of benzene rings is 1. The number of hydrogen-bond donors (Lipinski definition) is 0. The third-order valence-electron chi connectivity index (χ3n) is 5.99. The van der Waals surface area contributed by atoms with Crippen LogP contribution in [0, 0.1) is 12.7 Å². The van der Waals surface area contributed by atoms with E-state index in [2.05, 4.69) is 9.97 Å². The third-order valence-corrected chi connectivity index (χ3v) is 5.99. The summed E-state index contributed by atoms with van der Waals surface area (Å²) in [7, 11) is 1.29. The Morgan fingerprint density at radius 1 is 1.14 bits per heavy atom. The van der Waals surface area contributed by atoms with Crippen molar-refractivity contribution in [2.75, 3.05) is 33.3 Å². The average Bonchev–Trinajstić information content (AvgIpc) is 3.03. The number of pyridine rings is 2. The molecule has 4 rings (SSSR count). The number of aromatic nitrogens is 2. The first kappa shape index (κ1) is 25.2. The molecular weight excluding hydrogens is 467 g/mol. The lowest BCUT2D eigenvalue weighted by Crippen LogP contribution is -2.40. The van der Waals surface area contributed by atoms with Gasteiger partial charge in [0.1, 0.15) is 12.4 Å². The van der Waals surface area contributed by atoms with Crippen molar-refractivity contribution in [3.8, 4) is 0 Å². The lowest BCUT2D eigenvalue weighted by Gasteiger charge is -2.25. The van der Waals surface area contributed by atoms with Gasteiger partial charge in [0.15, 0.2) is 0 Å². The molecule has 1 fully saturated rings. The van der Waals surface area contributed by atoms with Crippen molar-refractivity contribution in [2.45, 2.75) is 26.1 Å². The Hall–Kier alpha value is -3.92. The molecule has 10 heteroatoms. The zero-order chi connectivity index (χ0) is 25.7. The van der Waals surface area contributed by atoms with Crippen LogP contribution in [0.25, 0.3) is 10.9 Å². The number of carbonyl (C=O) groups excluding carboxylic acids is 3. The maximum absolute atomic E-state index is 13.8. The Labute approximate surface area is 207 Å². The Morgan fingerprint density at radius 2 is 1.92 bits per heavy atom. The second-order valence-electron chi connectivity index (χ2n) is 8.61. The van der Waals surface area contributed by atoms with Crippen LogP contribution in [0.5, 0.6) is 0 Å². The Bertz CT molecular complexity index is 1260. The predicted molar refractivity (Wildman–Crippen MR) is 128 cm³/mol. The van der Waals surface area contributed by atoms with Gasteiger partial charge in [0, 0.05) is 49.2 Å². The zero-order valence-electron chi connectivity index (χ0n) is 20.1. The lowest BCUT2D eigenvalue weighted by atomic mass is 10.1.